The fourth-order valence-electron chi connectivity index (χ4n) is 2.65. The number of hydrogen-bond acceptors (Lipinski definition) is 6. The van der Waals surface area contributed by atoms with Gasteiger partial charge in [0.1, 0.15) is 28.9 Å². The lowest BCUT2D eigenvalue weighted by Gasteiger charge is -2.07. The molecular weight excluding hydrogens is 445 g/mol. The van der Waals surface area contributed by atoms with Crippen molar-refractivity contribution >= 4 is 46.6 Å². The molecule has 1 N–H and O–H groups in total. The number of ether oxygens (including phenoxy) is 1. The quantitative estimate of drug-likeness (QED) is 0.219. The lowest BCUT2D eigenvalue weighted by Crippen LogP contribution is -2.13. The van der Waals surface area contributed by atoms with Crippen molar-refractivity contribution in [1.29, 1.82) is 5.26 Å². The van der Waals surface area contributed by atoms with E-state index >= 15 is 0 Å². The van der Waals surface area contributed by atoms with E-state index in [0.717, 1.165) is 0 Å². The number of furan rings is 1. The van der Waals surface area contributed by atoms with Gasteiger partial charge in [0.05, 0.1) is 39.4 Å². The molecule has 0 aliphatic rings. The fourth-order valence-corrected chi connectivity index (χ4v) is 3.00. The third-order valence-corrected chi connectivity index (χ3v) is 4.96. The van der Waals surface area contributed by atoms with Gasteiger partial charge in [0.15, 0.2) is 0 Å². The summed E-state index contributed by atoms with van der Waals surface area (Å²) in [5.41, 5.74) is -0.00678. The molecule has 0 aliphatic carbocycles. The average Bonchev–Trinajstić information content (AvgIpc) is 3.23. The molecule has 0 saturated heterocycles. The van der Waals surface area contributed by atoms with Crippen LogP contribution < -0.4 is 10.1 Å². The van der Waals surface area contributed by atoms with Crippen molar-refractivity contribution in [3.05, 3.63) is 80.0 Å². The molecule has 1 aromatic heterocycles. The van der Waals surface area contributed by atoms with E-state index < -0.39 is 10.8 Å². The Bertz CT molecular complexity index is 1240. The van der Waals surface area contributed by atoms with E-state index in [4.69, 9.17) is 32.4 Å². The summed E-state index contributed by atoms with van der Waals surface area (Å²) >= 11 is 12.0. The zero-order valence-corrected chi connectivity index (χ0v) is 17.4. The minimum absolute atomic E-state index is 0.141. The Morgan fingerprint density at radius 3 is 2.71 bits per heavy atom. The van der Waals surface area contributed by atoms with Crippen LogP contribution in [0, 0.1) is 21.4 Å². The van der Waals surface area contributed by atoms with Gasteiger partial charge >= 0.3 is 0 Å². The number of benzene rings is 2. The lowest BCUT2D eigenvalue weighted by atomic mass is 10.1. The minimum atomic E-state index is -0.722. The number of carbonyl (C=O) groups excluding carboxylic acids is 1. The summed E-state index contributed by atoms with van der Waals surface area (Å²) in [7, 11) is 1.40. The summed E-state index contributed by atoms with van der Waals surface area (Å²) in [6.45, 7) is 0. The maximum Gasteiger partial charge on any atom is 0.284 e. The number of rotatable bonds is 6. The van der Waals surface area contributed by atoms with Crippen LogP contribution >= 0.6 is 23.2 Å². The van der Waals surface area contributed by atoms with Gasteiger partial charge in [0.2, 0.25) is 0 Å². The molecule has 10 heteroatoms. The van der Waals surface area contributed by atoms with Gasteiger partial charge in [-0.15, -0.1) is 0 Å². The Morgan fingerprint density at radius 1 is 1.26 bits per heavy atom. The maximum absolute atomic E-state index is 12.5. The molecule has 2 aromatic carbocycles. The number of nitriles is 1. The molecule has 8 nitrogen and oxygen atoms in total. The first-order valence-corrected chi connectivity index (χ1v) is 9.39. The minimum Gasteiger partial charge on any atom is -0.497 e. The average molecular weight is 458 g/mol. The number of halogens is 2. The molecule has 0 bridgehead atoms. The number of amides is 1. The van der Waals surface area contributed by atoms with Crippen LogP contribution in [0.25, 0.3) is 17.4 Å². The number of methoxy groups -OCH3 is 1. The maximum atomic E-state index is 12.5. The van der Waals surface area contributed by atoms with E-state index in [1.807, 2.05) is 0 Å². The van der Waals surface area contributed by atoms with Gasteiger partial charge < -0.3 is 14.5 Å². The predicted molar refractivity (Wildman–Crippen MR) is 116 cm³/mol. The monoisotopic (exact) mass is 457 g/mol. The molecule has 0 aliphatic heterocycles. The third kappa shape index (κ3) is 4.86. The zero-order valence-electron chi connectivity index (χ0n) is 15.9. The Balaban J connectivity index is 1.89. The van der Waals surface area contributed by atoms with Gasteiger partial charge in [-0.2, -0.15) is 5.26 Å². The largest absolute Gasteiger partial charge is 0.497 e. The van der Waals surface area contributed by atoms with E-state index in [2.05, 4.69) is 5.32 Å². The number of nitrogens with one attached hydrogen (secondary N) is 1. The topological polar surface area (TPSA) is 118 Å². The highest BCUT2D eigenvalue weighted by Gasteiger charge is 2.20. The Hall–Kier alpha value is -3.80. The summed E-state index contributed by atoms with van der Waals surface area (Å²) in [5, 5.41) is 23.7. The highest BCUT2D eigenvalue weighted by Crippen LogP contribution is 2.34. The standard InChI is InChI=1S/C21H13Cl2N3O5/c1-30-13-5-7-15(18(10-13)26(28)29)19-8-6-14(31-19)9-12(11-24)21(27)25-17-4-2-3-16(22)20(17)23/h2-10H,1H3,(H,25,27)/b12-9+. The second-order valence-electron chi connectivity index (χ2n) is 6.07. The van der Waals surface area contributed by atoms with Gasteiger partial charge in [0.25, 0.3) is 11.6 Å². The highest BCUT2D eigenvalue weighted by atomic mass is 35.5. The fraction of sp³-hybridized carbons (Fsp3) is 0.0476. The van der Waals surface area contributed by atoms with Crippen LogP contribution in [0.2, 0.25) is 10.0 Å². The van der Waals surface area contributed by atoms with Crippen molar-refractivity contribution in [1.82, 2.24) is 0 Å². The molecule has 3 rings (SSSR count). The molecule has 1 heterocycles. The second-order valence-corrected chi connectivity index (χ2v) is 6.85. The normalized spacial score (nSPS) is 11.0. The Morgan fingerprint density at radius 2 is 2.03 bits per heavy atom. The van der Waals surface area contributed by atoms with Crippen molar-refractivity contribution in [3.8, 4) is 23.1 Å². The number of hydrogen-bond donors (Lipinski definition) is 1. The molecule has 31 heavy (non-hydrogen) atoms. The van der Waals surface area contributed by atoms with Crippen molar-refractivity contribution in [2.24, 2.45) is 0 Å². The third-order valence-electron chi connectivity index (χ3n) is 4.15. The Kier molecular flexibility index (Phi) is 6.60. The van der Waals surface area contributed by atoms with Crippen molar-refractivity contribution in [3.63, 3.8) is 0 Å². The number of anilines is 1. The van der Waals surface area contributed by atoms with E-state index in [1.165, 1.54) is 43.5 Å². The van der Waals surface area contributed by atoms with Gasteiger partial charge in [-0.05, 0) is 36.4 Å². The first-order chi connectivity index (χ1) is 14.8. The van der Waals surface area contributed by atoms with Gasteiger partial charge in [-0.3, -0.25) is 14.9 Å². The first-order valence-electron chi connectivity index (χ1n) is 8.64. The molecule has 0 saturated carbocycles. The summed E-state index contributed by atoms with van der Waals surface area (Å²) in [4.78, 5) is 23.3. The van der Waals surface area contributed by atoms with Crippen LogP contribution in [0.4, 0.5) is 11.4 Å². The van der Waals surface area contributed by atoms with Crippen LogP contribution in [0.1, 0.15) is 5.76 Å². The molecule has 0 atom stereocenters. The van der Waals surface area contributed by atoms with Gasteiger partial charge in [-0.25, -0.2) is 0 Å². The van der Waals surface area contributed by atoms with Gasteiger partial charge in [0, 0.05) is 6.08 Å². The summed E-state index contributed by atoms with van der Waals surface area (Å²) in [6.07, 6.45) is 1.21. The van der Waals surface area contributed by atoms with Crippen LogP contribution in [-0.4, -0.2) is 17.9 Å². The SMILES string of the molecule is COc1ccc(-c2ccc(/C=C(\C#N)C(=O)Nc3cccc(Cl)c3Cl)o2)c([N+](=O)[O-])c1. The summed E-state index contributed by atoms with van der Waals surface area (Å²) < 4.78 is 10.6. The van der Waals surface area contributed by atoms with E-state index in [9.17, 15) is 20.2 Å². The molecule has 0 fully saturated rings. The van der Waals surface area contributed by atoms with Crippen molar-refractivity contribution < 1.29 is 18.9 Å². The molecule has 156 valence electrons. The molecular formula is C21H13Cl2N3O5. The summed E-state index contributed by atoms with van der Waals surface area (Å²) in [5.74, 6) is -0.0505. The van der Waals surface area contributed by atoms with E-state index in [1.54, 1.807) is 24.3 Å². The van der Waals surface area contributed by atoms with E-state index in [-0.39, 0.29) is 44.1 Å². The molecule has 0 radical (unpaired) electrons. The lowest BCUT2D eigenvalue weighted by molar-refractivity contribution is -0.384. The predicted octanol–water partition coefficient (Wildman–Crippen LogP) is 5.72. The second kappa shape index (κ2) is 9.34. The number of nitrogens with zero attached hydrogens (tertiary/aromatic N) is 2. The zero-order chi connectivity index (χ0) is 22.5. The smallest absolute Gasteiger partial charge is 0.284 e. The molecule has 0 spiro atoms. The van der Waals surface area contributed by atoms with Gasteiger partial charge in [-0.1, -0.05) is 29.3 Å². The van der Waals surface area contributed by atoms with Crippen molar-refractivity contribution in [2.45, 2.75) is 0 Å². The number of carbonyl (C=O) groups is 1. The summed E-state index contributed by atoms with van der Waals surface area (Å²) in [6, 6.07) is 13.8. The van der Waals surface area contributed by atoms with Crippen LogP contribution in [0.15, 0.2) is 58.5 Å². The highest BCUT2D eigenvalue weighted by molar-refractivity contribution is 6.44. The van der Waals surface area contributed by atoms with Crippen molar-refractivity contribution in [2.75, 3.05) is 12.4 Å². The van der Waals surface area contributed by atoms with Crippen LogP contribution in [0.3, 0.4) is 0 Å². The molecule has 3 aromatic rings. The van der Waals surface area contributed by atoms with Crippen LogP contribution in [0.5, 0.6) is 5.75 Å². The molecule has 0 unspecified atom stereocenters. The number of nitro groups is 1. The first kappa shape index (κ1) is 21.9. The van der Waals surface area contributed by atoms with Crippen LogP contribution in [-0.2, 0) is 4.79 Å². The Labute approximate surface area is 186 Å². The number of nitro benzene ring substituents is 1. The molecule has 1 amide bonds. The van der Waals surface area contributed by atoms with E-state index in [0.29, 0.717) is 5.75 Å².